The molecule has 0 saturated carbocycles. The molecule has 5 aromatic rings. The Kier molecular flexibility index (Phi) is 2.78. The maximum absolute atomic E-state index is 13.2. The minimum atomic E-state index is -1.73. The lowest BCUT2D eigenvalue weighted by molar-refractivity contribution is -0.157. The molecule has 3 aliphatic rings. The molecule has 160 valence electrons. The summed E-state index contributed by atoms with van der Waals surface area (Å²) in [5.41, 5.74) is 2.27. The van der Waals surface area contributed by atoms with Gasteiger partial charge < -0.3 is 24.3 Å². The monoisotopic (exact) mass is 434 g/mol. The second-order valence-corrected chi connectivity index (χ2v) is 9.45. The summed E-state index contributed by atoms with van der Waals surface area (Å²) in [5, 5.41) is 28.6. The summed E-state index contributed by atoms with van der Waals surface area (Å²) in [6.07, 6.45) is -0.420. The zero-order chi connectivity index (χ0) is 22.3. The van der Waals surface area contributed by atoms with Crippen LogP contribution in [0, 0.1) is 11.3 Å². The van der Waals surface area contributed by atoms with Gasteiger partial charge in [0, 0.05) is 34.5 Å². The normalized spacial score (nSPS) is 27.5. The second-order valence-electron chi connectivity index (χ2n) is 9.45. The molecule has 1 saturated heterocycles. The third-order valence-electron chi connectivity index (χ3n) is 8.02. The fourth-order valence-corrected chi connectivity index (χ4v) is 6.60. The first kappa shape index (κ1) is 17.7. The first-order valence-corrected chi connectivity index (χ1v) is 11.1. The van der Waals surface area contributed by atoms with Crippen molar-refractivity contribution in [2.45, 2.75) is 37.4 Å². The number of rotatable bonds is 0. The molecule has 3 aromatic carbocycles. The predicted molar refractivity (Wildman–Crippen MR) is 123 cm³/mol. The Balaban J connectivity index is 1.79. The Morgan fingerprint density at radius 3 is 2.55 bits per heavy atom. The minimum absolute atomic E-state index is 0.0679. The third-order valence-corrected chi connectivity index (χ3v) is 8.02. The second kappa shape index (κ2) is 5.20. The molecule has 8 rings (SSSR count). The smallest absolute Gasteiger partial charge is 0.252 e. The summed E-state index contributed by atoms with van der Waals surface area (Å²) in [6.45, 7) is 2.25. The Morgan fingerprint density at radius 2 is 1.79 bits per heavy atom. The van der Waals surface area contributed by atoms with Gasteiger partial charge in [0.1, 0.15) is 12.3 Å². The number of hydrogen-bond acceptors (Lipinski definition) is 4. The van der Waals surface area contributed by atoms with Crippen molar-refractivity contribution in [2.75, 3.05) is 0 Å². The number of nitriles is 1. The van der Waals surface area contributed by atoms with Gasteiger partial charge >= 0.3 is 0 Å². The number of amides is 1. The van der Waals surface area contributed by atoms with E-state index in [1.165, 1.54) is 0 Å². The highest BCUT2D eigenvalue weighted by Gasteiger charge is 2.61. The van der Waals surface area contributed by atoms with Crippen molar-refractivity contribution in [1.29, 1.82) is 5.26 Å². The van der Waals surface area contributed by atoms with Crippen LogP contribution in [0.15, 0.2) is 48.5 Å². The quantitative estimate of drug-likeness (QED) is 0.360. The maximum Gasteiger partial charge on any atom is 0.252 e. The largest absolute Gasteiger partial charge is 0.371 e. The molecule has 0 radical (unpaired) electrons. The van der Waals surface area contributed by atoms with Crippen LogP contribution in [-0.4, -0.2) is 25.7 Å². The molecule has 2 N–H and O–H groups in total. The van der Waals surface area contributed by atoms with Crippen LogP contribution in [0.1, 0.15) is 35.5 Å². The van der Waals surface area contributed by atoms with Crippen LogP contribution in [0.5, 0.6) is 0 Å². The first-order chi connectivity index (χ1) is 16.0. The highest BCUT2D eigenvalue weighted by molar-refractivity contribution is 6.31. The molecule has 3 aliphatic heterocycles. The molecule has 2 bridgehead atoms. The lowest BCUT2D eigenvalue weighted by atomic mass is 9.90. The van der Waals surface area contributed by atoms with Crippen LogP contribution in [0.2, 0.25) is 0 Å². The highest BCUT2D eigenvalue weighted by Crippen LogP contribution is 2.57. The molecule has 0 aliphatic carbocycles. The zero-order valence-electron chi connectivity index (χ0n) is 17.7. The van der Waals surface area contributed by atoms with E-state index in [9.17, 15) is 15.2 Å². The molecule has 3 atom stereocenters. The van der Waals surface area contributed by atoms with Gasteiger partial charge in [0.25, 0.3) is 5.91 Å². The van der Waals surface area contributed by atoms with E-state index in [4.69, 9.17) is 4.74 Å². The number of fused-ring (bicyclic) bond motifs is 13. The maximum atomic E-state index is 13.2. The average Bonchev–Trinajstić information content (AvgIpc) is 3.51. The van der Waals surface area contributed by atoms with E-state index in [0.29, 0.717) is 12.1 Å². The molecule has 7 nitrogen and oxygen atoms in total. The summed E-state index contributed by atoms with van der Waals surface area (Å²) in [6, 6.07) is 18.1. The van der Waals surface area contributed by atoms with E-state index >= 15 is 0 Å². The molecular weight excluding hydrogens is 416 g/mol. The Labute approximate surface area is 187 Å². The van der Waals surface area contributed by atoms with Gasteiger partial charge in [-0.3, -0.25) is 4.79 Å². The van der Waals surface area contributed by atoms with Crippen molar-refractivity contribution in [3.8, 4) is 6.07 Å². The van der Waals surface area contributed by atoms with Crippen molar-refractivity contribution in [3.63, 3.8) is 0 Å². The summed E-state index contributed by atoms with van der Waals surface area (Å²) in [4.78, 5) is 13.2. The Bertz CT molecular complexity index is 1810. The summed E-state index contributed by atoms with van der Waals surface area (Å²) < 4.78 is 10.7. The Morgan fingerprint density at radius 1 is 1.09 bits per heavy atom. The summed E-state index contributed by atoms with van der Waals surface area (Å²) >= 11 is 0. The van der Waals surface area contributed by atoms with Crippen LogP contribution in [0.25, 0.3) is 43.6 Å². The van der Waals surface area contributed by atoms with Gasteiger partial charge in [-0.25, -0.2) is 0 Å². The zero-order valence-corrected chi connectivity index (χ0v) is 17.7. The molecule has 7 heteroatoms. The standard InChI is InChI=1S/C26H18N4O3/c1-25-26(32,12-27)10-18(33-25)29-16-8-4-2-6-13(16)20-21-15(11-28-24(21)31)19-14-7-3-5-9-17(14)30(25)23(19)22(20)29/h2-9,18,32H,10-11H2,1H3,(H,28,31)/t18?,25-,26+/m0/s1. The predicted octanol–water partition coefficient (Wildman–Crippen LogP) is 4.01. The van der Waals surface area contributed by atoms with Gasteiger partial charge in [0.05, 0.1) is 27.6 Å². The van der Waals surface area contributed by atoms with Gasteiger partial charge in [-0.2, -0.15) is 5.26 Å². The number of hydrogen-bond donors (Lipinski definition) is 2. The van der Waals surface area contributed by atoms with Crippen LogP contribution in [0.4, 0.5) is 0 Å². The fraction of sp³-hybridized carbons (Fsp3) is 0.231. The number of ether oxygens (including phenoxy) is 1. The van der Waals surface area contributed by atoms with Crippen LogP contribution >= 0.6 is 0 Å². The molecule has 1 fully saturated rings. The summed E-state index contributed by atoms with van der Waals surface area (Å²) in [5.74, 6) is -0.0679. The lowest BCUT2D eigenvalue weighted by Crippen LogP contribution is -2.49. The van der Waals surface area contributed by atoms with Gasteiger partial charge in [-0.1, -0.05) is 36.4 Å². The molecule has 1 amide bonds. The van der Waals surface area contributed by atoms with Gasteiger partial charge in [0.15, 0.2) is 5.72 Å². The number of benzene rings is 3. The number of aromatic nitrogens is 2. The topological polar surface area (TPSA) is 92.2 Å². The van der Waals surface area contributed by atoms with E-state index in [-0.39, 0.29) is 12.3 Å². The number of aliphatic hydroxyl groups is 1. The van der Waals surface area contributed by atoms with Crippen LogP contribution in [0.3, 0.4) is 0 Å². The molecular formula is C26H18N4O3. The van der Waals surface area contributed by atoms with Crippen molar-refractivity contribution >= 4 is 49.5 Å². The minimum Gasteiger partial charge on any atom is -0.371 e. The Hall–Kier alpha value is -3.86. The van der Waals surface area contributed by atoms with Crippen molar-refractivity contribution < 1.29 is 14.6 Å². The fourth-order valence-electron chi connectivity index (χ4n) is 6.60. The van der Waals surface area contributed by atoms with E-state index in [1.807, 2.05) is 53.1 Å². The van der Waals surface area contributed by atoms with Crippen molar-refractivity contribution in [3.05, 3.63) is 59.7 Å². The van der Waals surface area contributed by atoms with Gasteiger partial charge in [-0.05, 0) is 24.6 Å². The number of nitrogens with one attached hydrogen (secondary N) is 1. The van der Waals surface area contributed by atoms with Gasteiger partial charge in [-0.15, -0.1) is 0 Å². The van der Waals surface area contributed by atoms with Crippen LogP contribution < -0.4 is 5.32 Å². The number of carbonyl (C=O) groups excluding carboxylic acids is 1. The van der Waals surface area contributed by atoms with E-state index in [2.05, 4.69) is 16.0 Å². The highest BCUT2D eigenvalue weighted by atomic mass is 16.6. The van der Waals surface area contributed by atoms with E-state index < -0.39 is 17.6 Å². The average molecular weight is 434 g/mol. The van der Waals surface area contributed by atoms with E-state index in [0.717, 1.165) is 49.2 Å². The number of nitrogens with zero attached hydrogens (tertiary/aromatic N) is 3. The van der Waals surface area contributed by atoms with Crippen molar-refractivity contribution in [2.24, 2.45) is 0 Å². The van der Waals surface area contributed by atoms with Crippen molar-refractivity contribution in [1.82, 2.24) is 14.5 Å². The molecule has 33 heavy (non-hydrogen) atoms. The third kappa shape index (κ3) is 1.68. The van der Waals surface area contributed by atoms with Gasteiger partial charge in [0.2, 0.25) is 5.60 Å². The summed E-state index contributed by atoms with van der Waals surface area (Å²) in [7, 11) is 0. The molecule has 0 spiro atoms. The number of carbonyl (C=O) groups is 1. The van der Waals surface area contributed by atoms with E-state index in [1.54, 1.807) is 6.92 Å². The first-order valence-electron chi connectivity index (χ1n) is 11.1. The number of para-hydroxylation sites is 2. The molecule has 1 unspecified atom stereocenters. The SMILES string of the molecule is C[C@]12OC(C[C@@]1(O)C#N)n1c3ccccc3c3c4c(c5c6ccccc6n2c5c31)CNC4=O. The molecule has 5 heterocycles. The van der Waals surface area contributed by atoms with Crippen LogP contribution in [-0.2, 0) is 17.0 Å². The lowest BCUT2D eigenvalue weighted by Gasteiger charge is -2.35. The molecule has 2 aromatic heterocycles.